The van der Waals surface area contributed by atoms with Gasteiger partial charge in [0.05, 0.1) is 0 Å². The van der Waals surface area contributed by atoms with Crippen molar-refractivity contribution in [2.75, 3.05) is 25.5 Å². The molecule has 14 heavy (non-hydrogen) atoms. The summed E-state index contributed by atoms with van der Waals surface area (Å²) in [6.07, 6.45) is 0. The molecular weight excluding hydrogens is 240 g/mol. The summed E-state index contributed by atoms with van der Waals surface area (Å²) in [7, 11) is -8.37. The lowest BCUT2D eigenvalue weighted by molar-refractivity contribution is -0.128. The molecular formula is C4H8O8S2. The van der Waals surface area contributed by atoms with Crippen molar-refractivity contribution in [3.63, 3.8) is 0 Å². The normalized spacial score (nSPS) is 28.0. The Hall–Kier alpha value is -0.260. The van der Waals surface area contributed by atoms with Gasteiger partial charge in [-0.05, 0) is 0 Å². The highest BCUT2D eigenvalue weighted by molar-refractivity contribution is 8.03. The van der Waals surface area contributed by atoms with Crippen molar-refractivity contribution in [3.8, 4) is 0 Å². The number of hydrogen-bond acceptors (Lipinski definition) is 8. The van der Waals surface area contributed by atoms with Crippen molar-refractivity contribution in [2.45, 2.75) is 0 Å². The molecule has 1 rings (SSSR count). The van der Waals surface area contributed by atoms with Gasteiger partial charge in [-0.3, -0.25) is 0 Å². The van der Waals surface area contributed by atoms with Crippen LogP contribution in [0.25, 0.3) is 0 Å². The highest BCUT2D eigenvalue weighted by Crippen LogP contribution is 2.04. The molecule has 0 unspecified atom stereocenters. The van der Waals surface area contributed by atoms with Crippen LogP contribution in [0, 0.1) is 0 Å². The van der Waals surface area contributed by atoms with Gasteiger partial charge in [0.25, 0.3) is 20.2 Å². The first-order valence-corrected chi connectivity index (χ1v) is 6.46. The molecule has 1 aliphatic heterocycles. The number of hydrogen-bond donors (Lipinski definition) is 0. The van der Waals surface area contributed by atoms with Crippen molar-refractivity contribution < 1.29 is 34.7 Å². The predicted molar refractivity (Wildman–Crippen MR) is 41.6 cm³/mol. The molecule has 0 aromatic carbocycles. The van der Waals surface area contributed by atoms with Crippen LogP contribution in [0.5, 0.6) is 0 Å². The Morgan fingerprint density at radius 2 is 1.14 bits per heavy atom. The van der Waals surface area contributed by atoms with Gasteiger partial charge < -0.3 is 9.47 Å². The molecule has 84 valence electrons. The van der Waals surface area contributed by atoms with E-state index in [0.29, 0.717) is 0 Å². The SMILES string of the molecule is O=S1(=O)CS(=O)(=O)OCOCOCO1. The van der Waals surface area contributed by atoms with Gasteiger partial charge in [-0.15, -0.1) is 0 Å². The summed E-state index contributed by atoms with van der Waals surface area (Å²) in [5, 5.41) is -1.26. The van der Waals surface area contributed by atoms with E-state index in [1.165, 1.54) is 0 Å². The third-order valence-electron chi connectivity index (χ3n) is 1.08. The summed E-state index contributed by atoms with van der Waals surface area (Å²) in [6, 6.07) is 0. The van der Waals surface area contributed by atoms with E-state index in [0.717, 1.165) is 0 Å². The van der Waals surface area contributed by atoms with E-state index in [2.05, 4.69) is 17.8 Å². The molecule has 0 atom stereocenters. The Labute approximate surface area is 81.0 Å². The van der Waals surface area contributed by atoms with Gasteiger partial charge in [0.1, 0.15) is 0 Å². The van der Waals surface area contributed by atoms with E-state index in [4.69, 9.17) is 0 Å². The maximum Gasteiger partial charge on any atom is 0.286 e. The first-order valence-electron chi connectivity index (χ1n) is 3.31. The first kappa shape index (κ1) is 11.8. The lowest BCUT2D eigenvalue weighted by Gasteiger charge is -2.10. The zero-order valence-electron chi connectivity index (χ0n) is 6.91. The molecule has 1 saturated heterocycles. The predicted octanol–water partition coefficient (Wildman–Crippen LogP) is -1.44. The Morgan fingerprint density at radius 1 is 0.714 bits per heavy atom. The van der Waals surface area contributed by atoms with Gasteiger partial charge in [0.2, 0.25) is 5.08 Å². The largest absolute Gasteiger partial charge is 0.328 e. The molecule has 0 aromatic heterocycles. The van der Waals surface area contributed by atoms with Crippen LogP contribution < -0.4 is 0 Å². The second kappa shape index (κ2) is 4.51. The van der Waals surface area contributed by atoms with E-state index >= 15 is 0 Å². The van der Waals surface area contributed by atoms with Crippen molar-refractivity contribution in [3.05, 3.63) is 0 Å². The zero-order valence-corrected chi connectivity index (χ0v) is 8.54. The van der Waals surface area contributed by atoms with Crippen molar-refractivity contribution in [1.82, 2.24) is 0 Å². The summed E-state index contributed by atoms with van der Waals surface area (Å²) in [4.78, 5) is 0. The lowest BCUT2D eigenvalue weighted by atomic mass is 11.3. The van der Waals surface area contributed by atoms with E-state index < -0.39 is 38.9 Å². The molecule has 0 N–H and O–H groups in total. The highest BCUT2D eigenvalue weighted by Gasteiger charge is 2.25. The van der Waals surface area contributed by atoms with E-state index in [1.54, 1.807) is 0 Å². The summed E-state index contributed by atoms with van der Waals surface area (Å²) >= 11 is 0. The number of ether oxygens (including phenoxy) is 2. The lowest BCUT2D eigenvalue weighted by Crippen LogP contribution is -2.24. The molecule has 0 saturated carbocycles. The fraction of sp³-hybridized carbons (Fsp3) is 1.00. The molecule has 1 heterocycles. The molecule has 0 spiro atoms. The topological polar surface area (TPSA) is 105 Å². The highest BCUT2D eigenvalue weighted by atomic mass is 32.3. The van der Waals surface area contributed by atoms with Crippen molar-refractivity contribution in [1.29, 1.82) is 0 Å². The van der Waals surface area contributed by atoms with E-state index in [9.17, 15) is 16.8 Å². The fourth-order valence-corrected chi connectivity index (χ4v) is 2.97. The Balaban J connectivity index is 2.75. The number of rotatable bonds is 0. The molecule has 0 aliphatic carbocycles. The maximum atomic E-state index is 10.9. The fourth-order valence-electron chi connectivity index (χ4n) is 0.586. The summed E-state index contributed by atoms with van der Waals surface area (Å²) in [5.41, 5.74) is 0. The maximum absolute atomic E-state index is 10.9. The molecule has 8 nitrogen and oxygen atoms in total. The third kappa shape index (κ3) is 4.30. The smallest absolute Gasteiger partial charge is 0.286 e. The average Bonchev–Trinajstić information content (AvgIpc) is 1.99. The van der Waals surface area contributed by atoms with Crippen molar-refractivity contribution in [2.24, 2.45) is 0 Å². The molecule has 0 radical (unpaired) electrons. The van der Waals surface area contributed by atoms with Crippen LogP contribution in [0.2, 0.25) is 0 Å². The van der Waals surface area contributed by atoms with Gasteiger partial charge in [-0.25, -0.2) is 8.37 Å². The Bertz CT molecular complexity index is 330. The molecule has 0 bridgehead atoms. The van der Waals surface area contributed by atoms with Crippen molar-refractivity contribution >= 4 is 20.2 Å². The van der Waals surface area contributed by atoms with Crippen LogP contribution in [0.4, 0.5) is 0 Å². The minimum atomic E-state index is -4.18. The van der Waals surface area contributed by atoms with Crippen LogP contribution in [0.3, 0.4) is 0 Å². The van der Waals surface area contributed by atoms with Crippen LogP contribution >= 0.6 is 0 Å². The van der Waals surface area contributed by atoms with E-state index in [1.807, 2.05) is 0 Å². The van der Waals surface area contributed by atoms with Crippen LogP contribution in [-0.2, 0) is 38.1 Å². The van der Waals surface area contributed by atoms with Crippen LogP contribution in [0.15, 0.2) is 0 Å². The van der Waals surface area contributed by atoms with Gasteiger partial charge in [0, 0.05) is 0 Å². The average molecular weight is 248 g/mol. The first-order chi connectivity index (χ1) is 6.41. The monoisotopic (exact) mass is 248 g/mol. The van der Waals surface area contributed by atoms with Gasteiger partial charge in [-0.1, -0.05) is 0 Å². The second-order valence-electron chi connectivity index (χ2n) is 2.23. The van der Waals surface area contributed by atoms with Crippen LogP contribution in [-0.4, -0.2) is 42.3 Å². The summed E-state index contributed by atoms with van der Waals surface area (Å²) < 4.78 is 60.9. The minimum Gasteiger partial charge on any atom is -0.328 e. The summed E-state index contributed by atoms with van der Waals surface area (Å²) in [5.74, 6) is 0. The van der Waals surface area contributed by atoms with Gasteiger partial charge in [-0.2, -0.15) is 16.8 Å². The third-order valence-corrected chi connectivity index (χ3v) is 4.30. The Kier molecular flexibility index (Phi) is 3.80. The summed E-state index contributed by atoms with van der Waals surface area (Å²) in [6.45, 7) is -1.49. The Morgan fingerprint density at radius 3 is 1.57 bits per heavy atom. The van der Waals surface area contributed by atoms with Crippen LogP contribution in [0.1, 0.15) is 0 Å². The molecule has 1 fully saturated rings. The molecule has 1 aliphatic rings. The quantitative estimate of drug-likeness (QED) is 0.480. The minimum absolute atomic E-state index is 0.314. The molecule has 0 aromatic rings. The van der Waals surface area contributed by atoms with Gasteiger partial charge in [0.15, 0.2) is 20.4 Å². The van der Waals surface area contributed by atoms with E-state index in [-0.39, 0.29) is 6.79 Å². The molecule has 10 heteroatoms. The second-order valence-corrected chi connectivity index (χ2v) is 5.88. The zero-order chi connectivity index (χ0) is 10.7. The standard InChI is InChI=1S/C4H8O8S2/c5-13(6)4-14(7,8)12-3-10-1-9-2-11-13/h1-4H2. The molecule has 0 amide bonds. The van der Waals surface area contributed by atoms with Gasteiger partial charge >= 0.3 is 0 Å².